The van der Waals surface area contributed by atoms with Gasteiger partial charge in [-0.2, -0.15) is 0 Å². The zero-order valence-electron chi connectivity index (χ0n) is 9.53. The molecule has 1 aliphatic heterocycles. The molecule has 5 heteroatoms. The van der Waals surface area contributed by atoms with Crippen LogP contribution in [0, 0.1) is 5.82 Å². The topological polar surface area (TPSA) is 29.3 Å². The molecule has 1 saturated heterocycles. The second-order valence-electron chi connectivity index (χ2n) is 4.25. The fraction of sp³-hybridized carbons (Fsp3) is 0.500. The van der Waals surface area contributed by atoms with Gasteiger partial charge in [-0.1, -0.05) is 17.7 Å². The van der Waals surface area contributed by atoms with E-state index in [9.17, 15) is 4.39 Å². The summed E-state index contributed by atoms with van der Waals surface area (Å²) in [6.45, 7) is 2.48. The Morgan fingerprint density at radius 2 is 2.24 bits per heavy atom. The number of rotatable bonds is 3. The van der Waals surface area contributed by atoms with Crippen molar-refractivity contribution in [2.75, 3.05) is 13.1 Å². The molecule has 1 atom stereocenters. The first-order valence-corrected chi connectivity index (χ1v) is 5.96. The van der Waals surface area contributed by atoms with Crippen LogP contribution in [0.15, 0.2) is 18.2 Å². The molecule has 0 radical (unpaired) electrons. The van der Waals surface area contributed by atoms with Crippen LogP contribution in [0.5, 0.6) is 0 Å². The first-order valence-electron chi connectivity index (χ1n) is 5.58. The normalized spacial score (nSPS) is 20.3. The highest BCUT2D eigenvalue weighted by Gasteiger charge is 2.22. The Hall–Kier alpha value is -0.350. The molecular formula is C12H17Cl2FN2. The van der Waals surface area contributed by atoms with Gasteiger partial charge in [0.1, 0.15) is 5.82 Å². The second kappa shape index (κ2) is 6.55. The SMILES string of the molecule is Cl.NCC1CCCN1Cc1ccc(Cl)c(F)c1. The number of nitrogens with two attached hydrogens (primary N) is 1. The molecule has 1 unspecified atom stereocenters. The van der Waals surface area contributed by atoms with E-state index in [-0.39, 0.29) is 23.2 Å². The Balaban J connectivity index is 0.00000144. The van der Waals surface area contributed by atoms with E-state index in [1.807, 2.05) is 6.07 Å². The van der Waals surface area contributed by atoms with E-state index in [0.717, 1.165) is 25.1 Å². The molecule has 0 spiro atoms. The maximum atomic E-state index is 13.3. The molecule has 96 valence electrons. The van der Waals surface area contributed by atoms with Crippen LogP contribution in [0.3, 0.4) is 0 Å². The fourth-order valence-electron chi connectivity index (χ4n) is 2.24. The van der Waals surface area contributed by atoms with Gasteiger partial charge in [0.05, 0.1) is 5.02 Å². The highest BCUT2D eigenvalue weighted by Crippen LogP contribution is 2.21. The third-order valence-electron chi connectivity index (χ3n) is 3.14. The molecule has 0 aromatic heterocycles. The second-order valence-corrected chi connectivity index (χ2v) is 4.66. The van der Waals surface area contributed by atoms with Crippen molar-refractivity contribution in [3.05, 3.63) is 34.6 Å². The van der Waals surface area contributed by atoms with Gasteiger partial charge in [0.15, 0.2) is 0 Å². The van der Waals surface area contributed by atoms with E-state index in [2.05, 4.69) is 4.90 Å². The molecule has 2 rings (SSSR count). The smallest absolute Gasteiger partial charge is 0.142 e. The summed E-state index contributed by atoms with van der Waals surface area (Å²) >= 11 is 5.64. The minimum atomic E-state index is -0.345. The van der Waals surface area contributed by atoms with Crippen LogP contribution >= 0.6 is 24.0 Å². The maximum Gasteiger partial charge on any atom is 0.142 e. The first kappa shape index (κ1) is 14.7. The summed E-state index contributed by atoms with van der Waals surface area (Å²) in [6, 6.07) is 5.43. The van der Waals surface area contributed by atoms with Gasteiger partial charge in [0.2, 0.25) is 0 Å². The number of hydrogen-bond acceptors (Lipinski definition) is 2. The van der Waals surface area contributed by atoms with E-state index >= 15 is 0 Å². The van der Waals surface area contributed by atoms with Gasteiger partial charge in [-0.25, -0.2) is 4.39 Å². The molecule has 1 aromatic carbocycles. The van der Waals surface area contributed by atoms with Gasteiger partial charge in [0, 0.05) is 19.1 Å². The lowest BCUT2D eigenvalue weighted by molar-refractivity contribution is 0.250. The van der Waals surface area contributed by atoms with Crippen molar-refractivity contribution in [2.24, 2.45) is 5.73 Å². The van der Waals surface area contributed by atoms with E-state index in [0.29, 0.717) is 12.6 Å². The van der Waals surface area contributed by atoms with Crippen LogP contribution in [0.4, 0.5) is 4.39 Å². The average Bonchev–Trinajstić information content (AvgIpc) is 2.71. The third kappa shape index (κ3) is 3.55. The Bertz CT molecular complexity index is 374. The van der Waals surface area contributed by atoms with Crippen LogP contribution in [0.25, 0.3) is 0 Å². The van der Waals surface area contributed by atoms with Crippen LogP contribution < -0.4 is 5.73 Å². The summed E-state index contributed by atoms with van der Waals surface area (Å²) in [5.41, 5.74) is 6.66. The van der Waals surface area contributed by atoms with Gasteiger partial charge in [-0.3, -0.25) is 4.90 Å². The van der Waals surface area contributed by atoms with E-state index in [1.54, 1.807) is 6.07 Å². The quantitative estimate of drug-likeness (QED) is 0.921. The average molecular weight is 279 g/mol. The van der Waals surface area contributed by atoms with Crippen LogP contribution in [0.1, 0.15) is 18.4 Å². The van der Waals surface area contributed by atoms with Crippen molar-refractivity contribution in [3.63, 3.8) is 0 Å². The van der Waals surface area contributed by atoms with Gasteiger partial charge < -0.3 is 5.73 Å². The van der Waals surface area contributed by atoms with E-state index in [4.69, 9.17) is 17.3 Å². The number of nitrogens with zero attached hydrogens (tertiary/aromatic N) is 1. The molecule has 0 aliphatic carbocycles. The van der Waals surface area contributed by atoms with Crippen LogP contribution in [0.2, 0.25) is 5.02 Å². The Morgan fingerprint density at radius 3 is 2.88 bits per heavy atom. The lowest BCUT2D eigenvalue weighted by atomic mass is 10.2. The van der Waals surface area contributed by atoms with Gasteiger partial charge in [-0.15, -0.1) is 12.4 Å². The molecule has 0 saturated carbocycles. The number of halogens is 3. The number of hydrogen-bond donors (Lipinski definition) is 1. The third-order valence-corrected chi connectivity index (χ3v) is 3.45. The highest BCUT2D eigenvalue weighted by atomic mass is 35.5. The zero-order valence-corrected chi connectivity index (χ0v) is 11.1. The van der Waals surface area contributed by atoms with Crippen LogP contribution in [-0.4, -0.2) is 24.0 Å². The molecular weight excluding hydrogens is 262 g/mol. The summed E-state index contributed by atoms with van der Waals surface area (Å²) in [4.78, 5) is 2.31. The van der Waals surface area contributed by atoms with Crippen molar-refractivity contribution in [1.82, 2.24) is 4.90 Å². The summed E-state index contributed by atoms with van der Waals surface area (Å²) in [7, 11) is 0. The standard InChI is InChI=1S/C12H16ClFN2.ClH/c13-11-4-3-9(6-12(11)14)8-16-5-1-2-10(16)7-15;/h3-4,6,10H,1-2,5,7-8,15H2;1H. The van der Waals surface area contributed by atoms with Gasteiger partial charge >= 0.3 is 0 Å². The molecule has 0 bridgehead atoms. The Morgan fingerprint density at radius 1 is 1.47 bits per heavy atom. The van der Waals surface area contributed by atoms with Crippen molar-refractivity contribution in [2.45, 2.75) is 25.4 Å². The molecule has 1 aliphatic rings. The number of benzene rings is 1. The zero-order chi connectivity index (χ0) is 11.5. The Labute approximate surface area is 112 Å². The summed E-state index contributed by atoms with van der Waals surface area (Å²) in [5.74, 6) is -0.345. The Kier molecular flexibility index (Phi) is 5.67. The number of likely N-dealkylation sites (tertiary alicyclic amines) is 1. The maximum absolute atomic E-state index is 13.3. The van der Waals surface area contributed by atoms with Crippen molar-refractivity contribution in [3.8, 4) is 0 Å². The molecule has 1 heterocycles. The van der Waals surface area contributed by atoms with Crippen molar-refractivity contribution >= 4 is 24.0 Å². The summed E-state index contributed by atoms with van der Waals surface area (Å²) in [5, 5.41) is 0.181. The van der Waals surface area contributed by atoms with Gasteiger partial charge in [-0.05, 0) is 37.1 Å². The predicted molar refractivity (Wildman–Crippen MR) is 71.1 cm³/mol. The van der Waals surface area contributed by atoms with Crippen molar-refractivity contribution in [1.29, 1.82) is 0 Å². The fourth-order valence-corrected chi connectivity index (χ4v) is 2.36. The molecule has 2 nitrogen and oxygen atoms in total. The summed E-state index contributed by atoms with van der Waals surface area (Å²) in [6.07, 6.45) is 2.32. The molecule has 2 N–H and O–H groups in total. The predicted octanol–water partition coefficient (Wildman–Crippen LogP) is 2.82. The first-order chi connectivity index (χ1) is 7.70. The largest absolute Gasteiger partial charge is 0.329 e. The highest BCUT2D eigenvalue weighted by molar-refractivity contribution is 6.30. The minimum Gasteiger partial charge on any atom is -0.329 e. The minimum absolute atomic E-state index is 0. The van der Waals surface area contributed by atoms with E-state index < -0.39 is 0 Å². The molecule has 17 heavy (non-hydrogen) atoms. The summed E-state index contributed by atoms with van der Waals surface area (Å²) < 4.78 is 13.3. The molecule has 0 amide bonds. The lowest BCUT2D eigenvalue weighted by Gasteiger charge is -2.23. The molecule has 1 aromatic rings. The van der Waals surface area contributed by atoms with E-state index in [1.165, 1.54) is 12.5 Å². The van der Waals surface area contributed by atoms with Crippen LogP contribution in [-0.2, 0) is 6.54 Å². The monoisotopic (exact) mass is 278 g/mol. The van der Waals surface area contributed by atoms with Crippen molar-refractivity contribution < 1.29 is 4.39 Å². The lowest BCUT2D eigenvalue weighted by Crippen LogP contribution is -2.34. The van der Waals surface area contributed by atoms with Gasteiger partial charge in [0.25, 0.3) is 0 Å². The molecule has 1 fully saturated rings.